The molecule has 1 aliphatic rings. The van der Waals surface area contributed by atoms with E-state index in [4.69, 9.17) is 0 Å². The van der Waals surface area contributed by atoms with E-state index in [2.05, 4.69) is 23.6 Å². The van der Waals surface area contributed by atoms with E-state index >= 15 is 0 Å². The van der Waals surface area contributed by atoms with E-state index in [0.29, 0.717) is 17.7 Å². The fourth-order valence-electron chi connectivity index (χ4n) is 2.26. The summed E-state index contributed by atoms with van der Waals surface area (Å²) in [5.74, 6) is 1.32. The average Bonchev–Trinajstić information content (AvgIpc) is 2.42. The summed E-state index contributed by atoms with van der Waals surface area (Å²) in [7, 11) is 0. The Kier molecular flexibility index (Phi) is 5.14. The van der Waals surface area contributed by atoms with E-state index in [-0.39, 0.29) is 5.91 Å². The highest BCUT2D eigenvalue weighted by Crippen LogP contribution is 2.28. The highest BCUT2D eigenvalue weighted by Gasteiger charge is 2.21. The van der Waals surface area contributed by atoms with Gasteiger partial charge in [0.05, 0.1) is 0 Å². The molecule has 1 aliphatic heterocycles. The van der Waals surface area contributed by atoms with Crippen molar-refractivity contribution in [2.75, 3.05) is 16.4 Å². The van der Waals surface area contributed by atoms with Gasteiger partial charge < -0.3 is 10.6 Å². The summed E-state index contributed by atoms with van der Waals surface area (Å²) in [4.78, 5) is 11.4. The van der Waals surface area contributed by atoms with E-state index in [1.165, 1.54) is 18.6 Å². The predicted molar refractivity (Wildman–Crippen MR) is 83.9 cm³/mol. The van der Waals surface area contributed by atoms with Gasteiger partial charge in [0.25, 0.3) is 0 Å². The van der Waals surface area contributed by atoms with E-state index in [9.17, 15) is 4.79 Å². The lowest BCUT2D eigenvalue weighted by Crippen LogP contribution is -2.32. The Labute approximate surface area is 119 Å². The van der Waals surface area contributed by atoms with Crippen LogP contribution in [0.25, 0.3) is 0 Å². The second kappa shape index (κ2) is 6.85. The van der Waals surface area contributed by atoms with Crippen molar-refractivity contribution in [2.24, 2.45) is 0 Å². The number of hydrogen-bond donors (Lipinski definition) is 2. The smallest absolute Gasteiger partial charge is 0.224 e. The molecule has 0 bridgehead atoms. The molecule has 1 amide bonds. The molecule has 19 heavy (non-hydrogen) atoms. The minimum Gasteiger partial charge on any atom is -0.381 e. The largest absolute Gasteiger partial charge is 0.381 e. The Bertz CT molecular complexity index is 436. The summed E-state index contributed by atoms with van der Waals surface area (Å²) in [6, 6.07) is 8.51. The number of nitrogens with one attached hydrogen (secondary N) is 2. The van der Waals surface area contributed by atoms with Crippen molar-refractivity contribution in [3.8, 4) is 0 Å². The summed E-state index contributed by atoms with van der Waals surface area (Å²) >= 11 is 2.03. The van der Waals surface area contributed by atoms with Crippen molar-refractivity contribution >= 4 is 29.0 Å². The molecule has 2 unspecified atom stereocenters. The monoisotopic (exact) mass is 278 g/mol. The van der Waals surface area contributed by atoms with Crippen LogP contribution in [0, 0.1) is 0 Å². The zero-order valence-corrected chi connectivity index (χ0v) is 12.4. The molecule has 0 saturated carbocycles. The van der Waals surface area contributed by atoms with Crippen LogP contribution in [0.1, 0.15) is 33.1 Å². The Morgan fingerprint density at radius 3 is 2.95 bits per heavy atom. The third-order valence-electron chi connectivity index (χ3n) is 3.43. The number of anilines is 2. The van der Waals surface area contributed by atoms with Gasteiger partial charge in [-0.15, -0.1) is 0 Å². The third kappa shape index (κ3) is 4.16. The molecule has 0 radical (unpaired) electrons. The summed E-state index contributed by atoms with van der Waals surface area (Å²) in [6.45, 7) is 4.14. The SMILES string of the molecule is CCC(=O)Nc1cccc(NC2CCCSC2C)c1. The van der Waals surface area contributed by atoms with Crippen LogP contribution in [0.3, 0.4) is 0 Å². The van der Waals surface area contributed by atoms with Gasteiger partial charge in [0, 0.05) is 29.1 Å². The Hall–Kier alpha value is -1.16. The van der Waals surface area contributed by atoms with Crippen LogP contribution in [0.5, 0.6) is 0 Å². The lowest BCUT2D eigenvalue weighted by atomic mass is 10.1. The highest BCUT2D eigenvalue weighted by molar-refractivity contribution is 8.00. The van der Waals surface area contributed by atoms with Gasteiger partial charge in [-0.05, 0) is 36.8 Å². The van der Waals surface area contributed by atoms with Crippen LogP contribution >= 0.6 is 11.8 Å². The first-order valence-corrected chi connectivity index (χ1v) is 8.02. The normalized spacial score (nSPS) is 22.8. The van der Waals surface area contributed by atoms with E-state index in [0.717, 1.165) is 11.4 Å². The van der Waals surface area contributed by atoms with Crippen molar-refractivity contribution in [3.05, 3.63) is 24.3 Å². The molecular formula is C15H22N2OS. The maximum absolute atomic E-state index is 11.4. The minimum absolute atomic E-state index is 0.0544. The van der Waals surface area contributed by atoms with Gasteiger partial charge in [0.15, 0.2) is 0 Å². The minimum atomic E-state index is 0.0544. The van der Waals surface area contributed by atoms with Gasteiger partial charge in [0.1, 0.15) is 0 Å². The van der Waals surface area contributed by atoms with Gasteiger partial charge in [-0.25, -0.2) is 0 Å². The molecule has 1 saturated heterocycles. The summed E-state index contributed by atoms with van der Waals surface area (Å²) in [5, 5.41) is 7.13. The average molecular weight is 278 g/mol. The van der Waals surface area contributed by atoms with Crippen LogP contribution in [0.4, 0.5) is 11.4 Å². The number of amides is 1. The third-order valence-corrected chi connectivity index (χ3v) is 4.81. The molecule has 0 spiro atoms. The molecule has 1 aromatic rings. The van der Waals surface area contributed by atoms with Crippen molar-refractivity contribution in [2.45, 2.75) is 44.4 Å². The second-order valence-electron chi connectivity index (χ2n) is 4.95. The van der Waals surface area contributed by atoms with E-state index in [1.807, 2.05) is 36.9 Å². The predicted octanol–water partition coefficient (Wildman–Crippen LogP) is 3.73. The van der Waals surface area contributed by atoms with Crippen LogP contribution in [-0.2, 0) is 4.79 Å². The zero-order valence-electron chi connectivity index (χ0n) is 11.6. The lowest BCUT2D eigenvalue weighted by molar-refractivity contribution is -0.115. The van der Waals surface area contributed by atoms with Crippen molar-refractivity contribution in [1.29, 1.82) is 0 Å². The Morgan fingerprint density at radius 2 is 2.21 bits per heavy atom. The second-order valence-corrected chi connectivity index (χ2v) is 6.44. The van der Waals surface area contributed by atoms with Crippen LogP contribution in [0.2, 0.25) is 0 Å². The number of carbonyl (C=O) groups excluding carboxylic acids is 1. The van der Waals surface area contributed by atoms with Crippen LogP contribution < -0.4 is 10.6 Å². The molecule has 2 atom stereocenters. The Morgan fingerprint density at radius 1 is 1.42 bits per heavy atom. The van der Waals surface area contributed by atoms with Crippen LogP contribution in [-0.4, -0.2) is 23.0 Å². The first kappa shape index (κ1) is 14.3. The fraction of sp³-hybridized carbons (Fsp3) is 0.533. The van der Waals surface area contributed by atoms with Crippen molar-refractivity contribution in [3.63, 3.8) is 0 Å². The van der Waals surface area contributed by atoms with Crippen LogP contribution in [0.15, 0.2) is 24.3 Å². The molecule has 2 rings (SSSR count). The standard InChI is InChI=1S/C15H22N2OS/c1-3-15(18)17-13-7-4-6-12(10-13)16-14-8-5-9-19-11(14)2/h4,6-7,10-11,14,16H,3,5,8-9H2,1-2H3,(H,17,18). The van der Waals surface area contributed by atoms with Crippen molar-refractivity contribution in [1.82, 2.24) is 0 Å². The van der Waals surface area contributed by atoms with Gasteiger partial charge >= 0.3 is 0 Å². The Balaban J connectivity index is 2.00. The van der Waals surface area contributed by atoms with E-state index < -0.39 is 0 Å². The molecule has 4 heteroatoms. The molecule has 0 aromatic heterocycles. The number of carbonyl (C=O) groups is 1. The lowest BCUT2D eigenvalue weighted by Gasteiger charge is -2.30. The van der Waals surface area contributed by atoms with Gasteiger partial charge in [-0.2, -0.15) is 11.8 Å². The molecule has 2 N–H and O–H groups in total. The van der Waals surface area contributed by atoms with Gasteiger partial charge in [-0.1, -0.05) is 19.9 Å². The van der Waals surface area contributed by atoms with Crippen molar-refractivity contribution < 1.29 is 4.79 Å². The van der Waals surface area contributed by atoms with Gasteiger partial charge in [-0.3, -0.25) is 4.79 Å². The first-order chi connectivity index (χ1) is 9.19. The van der Waals surface area contributed by atoms with Gasteiger partial charge in [0.2, 0.25) is 5.91 Å². The number of hydrogen-bond acceptors (Lipinski definition) is 3. The summed E-state index contributed by atoms with van der Waals surface area (Å²) in [5.41, 5.74) is 1.96. The maximum Gasteiger partial charge on any atom is 0.224 e. The quantitative estimate of drug-likeness (QED) is 0.881. The fourth-order valence-corrected chi connectivity index (χ4v) is 3.40. The molecule has 1 aromatic carbocycles. The highest BCUT2D eigenvalue weighted by atomic mass is 32.2. The molecule has 0 aliphatic carbocycles. The van der Waals surface area contributed by atoms with E-state index in [1.54, 1.807) is 0 Å². The number of rotatable bonds is 4. The number of thioether (sulfide) groups is 1. The number of benzene rings is 1. The molecule has 104 valence electrons. The summed E-state index contributed by atoms with van der Waals surface area (Å²) in [6.07, 6.45) is 3.01. The first-order valence-electron chi connectivity index (χ1n) is 6.97. The zero-order chi connectivity index (χ0) is 13.7. The molecule has 1 heterocycles. The topological polar surface area (TPSA) is 41.1 Å². The molecular weight excluding hydrogens is 256 g/mol. The summed E-state index contributed by atoms with van der Waals surface area (Å²) < 4.78 is 0. The molecule has 3 nitrogen and oxygen atoms in total. The maximum atomic E-state index is 11.4. The molecule has 1 fully saturated rings.